The van der Waals surface area contributed by atoms with Crippen molar-refractivity contribution in [3.05, 3.63) is 87.6 Å². The van der Waals surface area contributed by atoms with Gasteiger partial charge in [0.05, 0.1) is 4.88 Å². The van der Waals surface area contributed by atoms with Crippen molar-refractivity contribution in [3.63, 3.8) is 0 Å². The summed E-state index contributed by atoms with van der Waals surface area (Å²) in [7, 11) is 0. The van der Waals surface area contributed by atoms with Crippen molar-refractivity contribution in [1.82, 2.24) is 5.32 Å². The summed E-state index contributed by atoms with van der Waals surface area (Å²) in [6, 6.07) is 18.4. The Morgan fingerprint density at radius 1 is 1.04 bits per heavy atom. The number of hydrogen-bond donors (Lipinski definition) is 1. The average molecular weight is 389 g/mol. The number of fused-ring (bicyclic) bond motifs is 3. The molecule has 1 aliphatic rings. The maximum atomic E-state index is 12.1. The molecule has 0 unspecified atom stereocenters. The fourth-order valence-corrected chi connectivity index (χ4v) is 4.23. The highest BCUT2D eigenvalue weighted by molar-refractivity contribution is 7.11. The molecule has 1 aliphatic carbocycles. The highest BCUT2D eigenvalue weighted by Crippen LogP contribution is 2.44. The topological polar surface area (TPSA) is 55.4 Å². The van der Waals surface area contributed by atoms with Gasteiger partial charge in [-0.1, -0.05) is 60.7 Å². The van der Waals surface area contributed by atoms with E-state index in [1.807, 2.05) is 41.8 Å². The van der Waals surface area contributed by atoms with Crippen LogP contribution in [-0.4, -0.2) is 25.5 Å². The Morgan fingerprint density at radius 3 is 2.39 bits per heavy atom. The number of alkyl carbamates (subject to hydrolysis) is 1. The van der Waals surface area contributed by atoms with E-state index in [-0.39, 0.29) is 5.92 Å². The van der Waals surface area contributed by atoms with E-state index in [0.717, 1.165) is 11.8 Å². The zero-order valence-electron chi connectivity index (χ0n) is 15.1. The smallest absolute Gasteiger partial charge is 0.407 e. The number of nitrogens with one attached hydrogen (secondary N) is 1. The van der Waals surface area contributed by atoms with Crippen molar-refractivity contribution in [3.8, 4) is 11.1 Å². The van der Waals surface area contributed by atoms with Gasteiger partial charge < -0.3 is 10.1 Å². The third-order valence-electron chi connectivity index (χ3n) is 4.84. The summed E-state index contributed by atoms with van der Waals surface area (Å²) in [4.78, 5) is 23.7. The normalized spacial score (nSPS) is 12.6. The largest absolute Gasteiger partial charge is 0.449 e. The minimum Gasteiger partial charge on any atom is -0.449 e. The van der Waals surface area contributed by atoms with Crippen molar-refractivity contribution in [1.29, 1.82) is 0 Å². The number of rotatable bonds is 6. The Labute approximate surface area is 167 Å². The molecule has 2 aromatic carbocycles. The molecule has 0 saturated heterocycles. The molecule has 1 amide bonds. The van der Waals surface area contributed by atoms with Crippen LogP contribution < -0.4 is 5.32 Å². The molecule has 0 spiro atoms. The minimum atomic E-state index is -0.451. The molecule has 5 heteroatoms. The van der Waals surface area contributed by atoms with Crippen molar-refractivity contribution < 1.29 is 14.3 Å². The van der Waals surface area contributed by atoms with E-state index < -0.39 is 6.09 Å². The number of ether oxygens (including phenoxy) is 1. The summed E-state index contributed by atoms with van der Waals surface area (Å²) in [5, 5.41) is 4.59. The van der Waals surface area contributed by atoms with Crippen LogP contribution in [0.1, 0.15) is 32.3 Å². The quantitative estimate of drug-likeness (QED) is 0.596. The van der Waals surface area contributed by atoms with Crippen LogP contribution in [-0.2, 0) is 4.74 Å². The van der Waals surface area contributed by atoms with Crippen LogP contribution in [0.15, 0.2) is 66.1 Å². The summed E-state index contributed by atoms with van der Waals surface area (Å²) in [6.07, 6.45) is 4.01. The van der Waals surface area contributed by atoms with Gasteiger partial charge in [-0.2, -0.15) is 0 Å². The van der Waals surface area contributed by atoms with Crippen molar-refractivity contribution in [2.75, 3.05) is 13.2 Å². The molecule has 0 atom stereocenters. The van der Waals surface area contributed by atoms with Gasteiger partial charge in [0, 0.05) is 12.5 Å². The van der Waals surface area contributed by atoms with Gasteiger partial charge >= 0.3 is 6.09 Å². The number of hydrogen-bond acceptors (Lipinski definition) is 4. The van der Waals surface area contributed by atoms with E-state index in [0.29, 0.717) is 18.0 Å². The second kappa shape index (κ2) is 8.23. The molecule has 1 aromatic heterocycles. The van der Waals surface area contributed by atoms with Crippen LogP contribution in [0.25, 0.3) is 17.2 Å². The number of carbonyl (C=O) groups is 2. The van der Waals surface area contributed by atoms with E-state index in [2.05, 4.69) is 29.6 Å². The number of thiophene rings is 1. The molecule has 140 valence electrons. The predicted molar refractivity (Wildman–Crippen MR) is 112 cm³/mol. The summed E-state index contributed by atoms with van der Waals surface area (Å²) in [6.45, 7) is 0.633. The lowest BCUT2D eigenvalue weighted by molar-refractivity contribution is 0.112. The molecule has 4 nitrogen and oxygen atoms in total. The first-order valence-electron chi connectivity index (χ1n) is 9.06. The fraction of sp³-hybridized carbons (Fsp3) is 0.130. The monoisotopic (exact) mass is 389 g/mol. The van der Waals surface area contributed by atoms with Crippen LogP contribution >= 0.6 is 11.3 Å². The summed E-state index contributed by atoms with van der Waals surface area (Å²) in [5.41, 5.74) is 5.65. The molecular formula is C23H19NO3S. The highest BCUT2D eigenvalue weighted by Gasteiger charge is 2.28. The van der Waals surface area contributed by atoms with Gasteiger partial charge in [-0.15, -0.1) is 11.3 Å². The molecule has 0 radical (unpaired) electrons. The Balaban J connectivity index is 1.34. The summed E-state index contributed by atoms with van der Waals surface area (Å²) < 4.78 is 5.48. The van der Waals surface area contributed by atoms with E-state index in [9.17, 15) is 9.59 Å². The molecule has 1 N–H and O–H groups in total. The van der Waals surface area contributed by atoms with E-state index >= 15 is 0 Å². The fourth-order valence-electron chi connectivity index (χ4n) is 3.54. The zero-order valence-corrected chi connectivity index (χ0v) is 15.9. The van der Waals surface area contributed by atoms with Gasteiger partial charge in [-0.3, -0.25) is 4.79 Å². The molecule has 0 aliphatic heterocycles. The van der Waals surface area contributed by atoms with Crippen molar-refractivity contribution in [2.24, 2.45) is 0 Å². The van der Waals surface area contributed by atoms with E-state index in [1.165, 1.54) is 33.6 Å². The minimum absolute atomic E-state index is 0.0506. The number of amides is 1. The van der Waals surface area contributed by atoms with Crippen LogP contribution in [0, 0.1) is 0 Å². The molecule has 0 fully saturated rings. The number of benzene rings is 2. The number of carbonyl (C=O) groups excluding carboxylic acids is 2. The second-order valence-corrected chi connectivity index (χ2v) is 7.41. The SMILES string of the molecule is O=Cc1sccc1C=CCNC(=O)OCC1c2ccccc2-c2ccccc21. The standard InChI is InChI=1S/C23H19NO3S/c25-14-22-16(11-13-28-22)6-5-12-24-23(26)27-15-21-19-9-3-1-7-17(19)18-8-2-4-10-20(18)21/h1-11,13-14,21H,12,15H2,(H,24,26). The lowest BCUT2D eigenvalue weighted by Gasteiger charge is -2.14. The zero-order chi connectivity index (χ0) is 19.3. The van der Waals surface area contributed by atoms with Crippen LogP contribution in [0.5, 0.6) is 0 Å². The van der Waals surface area contributed by atoms with Gasteiger partial charge in [0.2, 0.25) is 0 Å². The maximum Gasteiger partial charge on any atom is 0.407 e. The van der Waals surface area contributed by atoms with Crippen LogP contribution in [0.3, 0.4) is 0 Å². The average Bonchev–Trinajstić information content (AvgIpc) is 3.32. The second-order valence-electron chi connectivity index (χ2n) is 6.47. The van der Waals surface area contributed by atoms with E-state index in [4.69, 9.17) is 4.74 Å². The van der Waals surface area contributed by atoms with Crippen LogP contribution in [0.2, 0.25) is 0 Å². The lowest BCUT2D eigenvalue weighted by atomic mass is 9.98. The van der Waals surface area contributed by atoms with Crippen molar-refractivity contribution in [2.45, 2.75) is 5.92 Å². The third kappa shape index (κ3) is 3.62. The first-order chi connectivity index (χ1) is 13.8. The van der Waals surface area contributed by atoms with Gasteiger partial charge in [-0.05, 0) is 39.3 Å². The highest BCUT2D eigenvalue weighted by atomic mass is 32.1. The molecule has 3 aromatic rings. The molecule has 0 bridgehead atoms. The Morgan fingerprint density at radius 2 is 1.71 bits per heavy atom. The molecule has 28 heavy (non-hydrogen) atoms. The van der Waals surface area contributed by atoms with Gasteiger partial charge in [0.15, 0.2) is 6.29 Å². The van der Waals surface area contributed by atoms with Crippen LogP contribution in [0.4, 0.5) is 4.79 Å². The third-order valence-corrected chi connectivity index (χ3v) is 5.70. The molecule has 4 rings (SSSR count). The van der Waals surface area contributed by atoms with Gasteiger partial charge in [0.25, 0.3) is 0 Å². The molecular weight excluding hydrogens is 370 g/mol. The summed E-state index contributed by atoms with van der Waals surface area (Å²) in [5.74, 6) is 0.0506. The Hall–Kier alpha value is -3.18. The number of aldehydes is 1. The molecule has 1 heterocycles. The Bertz CT molecular complexity index is 992. The summed E-state index contributed by atoms with van der Waals surface area (Å²) >= 11 is 1.39. The van der Waals surface area contributed by atoms with Crippen molar-refractivity contribution >= 4 is 29.8 Å². The first-order valence-corrected chi connectivity index (χ1v) is 9.94. The van der Waals surface area contributed by atoms with Gasteiger partial charge in [-0.25, -0.2) is 4.79 Å². The molecule has 0 saturated carbocycles. The lowest BCUT2D eigenvalue weighted by Crippen LogP contribution is -2.26. The Kier molecular flexibility index (Phi) is 5.35. The van der Waals surface area contributed by atoms with Gasteiger partial charge in [0.1, 0.15) is 6.61 Å². The first kappa shape index (κ1) is 18.2. The predicted octanol–water partition coefficient (Wildman–Crippen LogP) is 5.11. The van der Waals surface area contributed by atoms with E-state index in [1.54, 1.807) is 6.08 Å². The maximum absolute atomic E-state index is 12.1.